The number of carbonyl (C=O) groups excluding carboxylic acids is 3. The molecule has 5 unspecified atom stereocenters. The van der Waals surface area contributed by atoms with Gasteiger partial charge in [0.25, 0.3) is 0 Å². The molecule has 3 amide bonds. The number of allylic oxidation sites excluding steroid dienone is 2. The second-order valence-corrected chi connectivity index (χ2v) is 9.17. The van der Waals surface area contributed by atoms with Crippen molar-refractivity contribution >= 4 is 23.9 Å². The largest absolute Gasteiger partial charge is 0.450 e. The van der Waals surface area contributed by atoms with E-state index in [1.807, 2.05) is 6.92 Å². The molecule has 9 nitrogen and oxygen atoms in total. The minimum absolute atomic E-state index is 0.0313. The zero-order valence-corrected chi connectivity index (χ0v) is 19.6. The van der Waals surface area contributed by atoms with Gasteiger partial charge in [-0.05, 0) is 44.4 Å². The number of guanidine groups is 1. The Bertz CT molecular complexity index is 735. The predicted molar refractivity (Wildman–Crippen MR) is 122 cm³/mol. The Hall–Kier alpha value is -2.58. The van der Waals surface area contributed by atoms with Gasteiger partial charge < -0.3 is 20.7 Å². The third-order valence-electron chi connectivity index (χ3n) is 6.36. The average molecular weight is 448 g/mol. The van der Waals surface area contributed by atoms with E-state index in [2.05, 4.69) is 46.9 Å². The van der Waals surface area contributed by atoms with E-state index < -0.39 is 6.09 Å². The Balaban J connectivity index is 1.53. The smallest absolute Gasteiger partial charge is 0.407 e. The second-order valence-electron chi connectivity index (χ2n) is 9.17. The molecule has 32 heavy (non-hydrogen) atoms. The monoisotopic (exact) mass is 447 g/mol. The third-order valence-corrected chi connectivity index (χ3v) is 6.36. The number of imide groups is 1. The molecule has 3 aliphatic rings. The molecule has 3 rings (SSSR count). The Labute approximate surface area is 190 Å². The summed E-state index contributed by atoms with van der Waals surface area (Å²) in [4.78, 5) is 43.5. The summed E-state index contributed by atoms with van der Waals surface area (Å²) in [5.74, 6) is 1.05. The van der Waals surface area contributed by atoms with Gasteiger partial charge >= 0.3 is 6.09 Å². The first-order valence-electron chi connectivity index (χ1n) is 11.8. The van der Waals surface area contributed by atoms with Crippen LogP contribution in [-0.2, 0) is 14.3 Å². The van der Waals surface area contributed by atoms with Gasteiger partial charge in [-0.1, -0.05) is 26.0 Å². The molecule has 0 aromatic carbocycles. The Morgan fingerprint density at radius 3 is 2.38 bits per heavy atom. The number of aliphatic imine (C=N–C) groups is 1. The van der Waals surface area contributed by atoms with Crippen LogP contribution in [0.4, 0.5) is 4.79 Å². The maximum absolute atomic E-state index is 12.8. The van der Waals surface area contributed by atoms with Crippen LogP contribution in [0.2, 0.25) is 0 Å². The molecular weight excluding hydrogens is 410 g/mol. The molecule has 2 bridgehead atoms. The van der Waals surface area contributed by atoms with Crippen LogP contribution >= 0.6 is 0 Å². The lowest BCUT2D eigenvalue weighted by Gasteiger charge is -2.20. The van der Waals surface area contributed by atoms with Crippen LogP contribution in [0.3, 0.4) is 0 Å². The van der Waals surface area contributed by atoms with Crippen molar-refractivity contribution in [3.8, 4) is 0 Å². The van der Waals surface area contributed by atoms with Crippen LogP contribution < -0.4 is 16.0 Å². The maximum atomic E-state index is 12.8. The van der Waals surface area contributed by atoms with E-state index in [4.69, 9.17) is 4.74 Å². The summed E-state index contributed by atoms with van der Waals surface area (Å²) in [6.45, 7) is 10.1. The highest BCUT2D eigenvalue weighted by atomic mass is 16.5. The third kappa shape index (κ3) is 5.42. The van der Waals surface area contributed by atoms with Crippen molar-refractivity contribution in [3.63, 3.8) is 0 Å². The summed E-state index contributed by atoms with van der Waals surface area (Å²) in [5, 5.41) is 9.26. The molecule has 9 heteroatoms. The molecule has 1 heterocycles. The van der Waals surface area contributed by atoms with E-state index in [0.717, 1.165) is 12.8 Å². The standard InChI is InChI=1S/C23H37N5O4/c1-5-24-22(26-13-17(11-14(3)4)27-23(31)32-6-2)25-9-10-28-20(29)18-15-7-8-16(12-15)19(18)21(28)30/h7-8,14-19H,5-6,9-13H2,1-4H3,(H,27,31)(H2,24,25,26). The lowest BCUT2D eigenvalue weighted by Crippen LogP contribution is -2.45. The minimum atomic E-state index is -0.439. The van der Waals surface area contributed by atoms with E-state index in [0.29, 0.717) is 44.7 Å². The van der Waals surface area contributed by atoms with Crippen molar-refractivity contribution in [2.45, 2.75) is 46.6 Å². The van der Waals surface area contributed by atoms with Crippen molar-refractivity contribution in [2.24, 2.45) is 34.6 Å². The fourth-order valence-corrected chi connectivity index (χ4v) is 5.10. The van der Waals surface area contributed by atoms with Gasteiger partial charge in [0, 0.05) is 19.6 Å². The highest BCUT2D eigenvalue weighted by Gasteiger charge is 2.58. The molecule has 178 valence electrons. The van der Waals surface area contributed by atoms with Crippen LogP contribution in [0, 0.1) is 29.6 Å². The van der Waals surface area contributed by atoms with Crippen LogP contribution in [0.1, 0.15) is 40.5 Å². The number of hydrogen-bond acceptors (Lipinski definition) is 5. The summed E-state index contributed by atoms with van der Waals surface area (Å²) in [6, 6.07) is -0.145. The SMILES string of the molecule is CCNC(=NCC(CC(C)C)NC(=O)OCC)NCCN1C(=O)C2C3C=CC(C3)C2C1=O. The number of hydrogen-bond donors (Lipinski definition) is 3. The van der Waals surface area contributed by atoms with Crippen LogP contribution in [0.15, 0.2) is 17.1 Å². The minimum Gasteiger partial charge on any atom is -0.450 e. The van der Waals surface area contributed by atoms with E-state index in [-0.39, 0.29) is 41.5 Å². The molecule has 1 saturated carbocycles. The highest BCUT2D eigenvalue weighted by molar-refractivity contribution is 6.06. The summed E-state index contributed by atoms with van der Waals surface area (Å²) in [5.41, 5.74) is 0. The zero-order valence-electron chi connectivity index (χ0n) is 19.6. The molecule has 0 spiro atoms. The summed E-state index contributed by atoms with van der Waals surface area (Å²) in [7, 11) is 0. The fraction of sp³-hybridized carbons (Fsp3) is 0.739. The first-order valence-corrected chi connectivity index (χ1v) is 11.8. The number of nitrogens with one attached hydrogen (secondary N) is 3. The van der Waals surface area contributed by atoms with Gasteiger partial charge in [-0.3, -0.25) is 19.5 Å². The molecule has 0 radical (unpaired) electrons. The van der Waals surface area contributed by atoms with Gasteiger partial charge in [-0.2, -0.15) is 0 Å². The quantitative estimate of drug-likeness (QED) is 0.203. The number of likely N-dealkylation sites (tertiary alicyclic amines) is 1. The predicted octanol–water partition coefficient (Wildman–Crippen LogP) is 1.51. The molecule has 0 aromatic rings. The molecule has 3 N–H and O–H groups in total. The highest BCUT2D eigenvalue weighted by Crippen LogP contribution is 2.52. The Morgan fingerprint density at radius 1 is 1.16 bits per heavy atom. The first kappa shape index (κ1) is 24.1. The number of fused-ring (bicyclic) bond motifs is 5. The molecule has 2 fully saturated rings. The van der Waals surface area contributed by atoms with E-state index >= 15 is 0 Å². The lowest BCUT2D eigenvalue weighted by molar-refractivity contribution is -0.140. The van der Waals surface area contributed by atoms with E-state index in [9.17, 15) is 14.4 Å². The number of amides is 3. The Kier molecular flexibility index (Phi) is 8.15. The number of alkyl carbamates (subject to hydrolysis) is 1. The number of nitrogens with zero attached hydrogens (tertiary/aromatic N) is 2. The second kappa shape index (κ2) is 10.8. The van der Waals surface area contributed by atoms with E-state index in [1.54, 1.807) is 6.92 Å². The van der Waals surface area contributed by atoms with E-state index in [1.165, 1.54) is 4.90 Å². The van der Waals surface area contributed by atoms with Crippen molar-refractivity contribution in [1.29, 1.82) is 0 Å². The maximum Gasteiger partial charge on any atom is 0.407 e. The topological polar surface area (TPSA) is 112 Å². The summed E-state index contributed by atoms with van der Waals surface area (Å²) < 4.78 is 5.00. The fourth-order valence-electron chi connectivity index (χ4n) is 5.10. The van der Waals surface area contributed by atoms with Crippen molar-refractivity contribution in [3.05, 3.63) is 12.2 Å². The summed E-state index contributed by atoms with van der Waals surface area (Å²) >= 11 is 0. The van der Waals surface area contributed by atoms with Gasteiger partial charge in [0.1, 0.15) is 0 Å². The van der Waals surface area contributed by atoms with Gasteiger partial charge in [0.05, 0.1) is 31.0 Å². The summed E-state index contributed by atoms with van der Waals surface area (Å²) in [6.07, 6.45) is 5.48. The number of carbonyl (C=O) groups is 3. The van der Waals surface area contributed by atoms with Crippen molar-refractivity contribution in [2.75, 3.05) is 32.8 Å². The number of ether oxygens (including phenoxy) is 1. The molecular formula is C23H37N5O4. The zero-order chi connectivity index (χ0) is 23.3. The van der Waals surface area contributed by atoms with Crippen molar-refractivity contribution < 1.29 is 19.1 Å². The van der Waals surface area contributed by atoms with Gasteiger partial charge in [0.15, 0.2) is 5.96 Å². The van der Waals surface area contributed by atoms with Gasteiger partial charge in [-0.25, -0.2) is 4.79 Å². The van der Waals surface area contributed by atoms with Gasteiger partial charge in [-0.15, -0.1) is 0 Å². The normalized spacial score (nSPS) is 27.2. The lowest BCUT2D eigenvalue weighted by atomic mass is 9.85. The van der Waals surface area contributed by atoms with Crippen LogP contribution in [-0.4, -0.2) is 67.6 Å². The first-order chi connectivity index (χ1) is 15.3. The van der Waals surface area contributed by atoms with Gasteiger partial charge in [0.2, 0.25) is 11.8 Å². The molecule has 5 atom stereocenters. The Morgan fingerprint density at radius 2 is 1.81 bits per heavy atom. The number of rotatable bonds is 10. The molecule has 2 aliphatic carbocycles. The molecule has 1 saturated heterocycles. The average Bonchev–Trinajstić information content (AvgIpc) is 3.41. The van der Waals surface area contributed by atoms with Crippen molar-refractivity contribution in [1.82, 2.24) is 20.9 Å². The van der Waals surface area contributed by atoms with Crippen LogP contribution in [0.5, 0.6) is 0 Å². The molecule has 1 aliphatic heterocycles. The van der Waals surface area contributed by atoms with Crippen LogP contribution in [0.25, 0.3) is 0 Å². The molecule has 0 aromatic heterocycles.